The van der Waals surface area contributed by atoms with Crippen LogP contribution in [0.25, 0.3) is 0 Å². The highest BCUT2D eigenvalue weighted by atomic mass is 32.2. The van der Waals surface area contributed by atoms with Crippen molar-refractivity contribution in [3.63, 3.8) is 0 Å². The summed E-state index contributed by atoms with van der Waals surface area (Å²) in [5.41, 5.74) is -1.87. The summed E-state index contributed by atoms with van der Waals surface area (Å²) < 4.78 is 36.3. The summed E-state index contributed by atoms with van der Waals surface area (Å²) in [6.45, 7) is 0. The number of hydrogen-bond acceptors (Lipinski definition) is 4. The Labute approximate surface area is 76.7 Å². The first kappa shape index (κ1) is 10.2. The van der Waals surface area contributed by atoms with Crippen LogP contribution in [0.2, 0.25) is 0 Å². The molecule has 3 nitrogen and oxygen atoms in total. The first-order chi connectivity index (χ1) is 5.93. The van der Waals surface area contributed by atoms with Gasteiger partial charge in [0.15, 0.2) is 5.50 Å². The molecule has 0 aromatic rings. The molecule has 7 heteroatoms. The van der Waals surface area contributed by atoms with Crippen molar-refractivity contribution in [3.05, 3.63) is 11.8 Å². The lowest BCUT2D eigenvalue weighted by Gasteiger charge is -2.25. The third kappa shape index (κ3) is 2.55. The molecule has 0 aromatic heterocycles. The molecule has 0 fully saturated rings. The summed E-state index contributed by atoms with van der Waals surface area (Å²) in [6, 6.07) is 0. The molecular weight excluding hydrogens is 205 g/mol. The molecule has 0 radical (unpaired) electrons. The Balaban J connectivity index is 2.85. The lowest BCUT2D eigenvalue weighted by Crippen LogP contribution is -2.38. The molecule has 1 atom stereocenters. The van der Waals surface area contributed by atoms with Crippen molar-refractivity contribution in [1.29, 1.82) is 0 Å². The van der Waals surface area contributed by atoms with Crippen LogP contribution in [0.15, 0.2) is 16.8 Å². The van der Waals surface area contributed by atoms with Gasteiger partial charge in [0.1, 0.15) is 5.70 Å². The molecular formula is C6H6F3N2OS-. The maximum Gasteiger partial charge on any atom is 0.431 e. The van der Waals surface area contributed by atoms with Crippen molar-refractivity contribution in [1.82, 2.24) is 5.32 Å². The van der Waals surface area contributed by atoms with Gasteiger partial charge in [0.2, 0.25) is 0 Å². The molecule has 1 unspecified atom stereocenters. The van der Waals surface area contributed by atoms with Crippen LogP contribution in [0.1, 0.15) is 0 Å². The highest BCUT2D eigenvalue weighted by Crippen LogP contribution is 2.26. The Morgan fingerprint density at radius 3 is 2.69 bits per heavy atom. The molecule has 1 N–H and O–H groups in total. The number of allylic oxidation sites excluding steroid dienone is 1. The predicted octanol–water partition coefficient (Wildman–Crippen LogP) is 0.441. The van der Waals surface area contributed by atoms with Gasteiger partial charge in [-0.3, -0.25) is 4.99 Å². The standard InChI is InChI=1S/C6H7F3N2OS/c1-13-5-10-3(6(7,8)9)2-4(12)11-5/h2,5,10H,1H3,(H,11,12)/p-1. The van der Waals surface area contributed by atoms with Crippen LogP contribution in [-0.2, 0) is 0 Å². The van der Waals surface area contributed by atoms with E-state index in [1.54, 1.807) is 6.26 Å². The lowest BCUT2D eigenvalue weighted by atomic mass is 10.3. The van der Waals surface area contributed by atoms with Crippen LogP contribution in [0.3, 0.4) is 0 Å². The Hall–Kier alpha value is -0.850. The van der Waals surface area contributed by atoms with E-state index < -0.39 is 23.3 Å². The minimum absolute atomic E-state index is 0.451. The summed E-state index contributed by atoms with van der Waals surface area (Å²) in [4.78, 5) is 3.40. The van der Waals surface area contributed by atoms with Gasteiger partial charge in [-0.15, -0.1) is 11.8 Å². The van der Waals surface area contributed by atoms with Crippen molar-refractivity contribution in [2.75, 3.05) is 6.26 Å². The van der Waals surface area contributed by atoms with E-state index in [1.807, 2.05) is 0 Å². The number of aliphatic imine (C=N–C) groups is 1. The van der Waals surface area contributed by atoms with Crippen LogP contribution in [-0.4, -0.2) is 23.8 Å². The second-order valence-corrected chi connectivity index (χ2v) is 3.17. The van der Waals surface area contributed by atoms with Crippen molar-refractivity contribution < 1.29 is 18.3 Å². The SMILES string of the molecule is CSC1N=C([O-])C=C(C(F)(F)F)N1. The Bertz CT molecular complexity index is 261. The molecule has 74 valence electrons. The van der Waals surface area contributed by atoms with Gasteiger partial charge in [-0.2, -0.15) is 13.2 Å². The zero-order chi connectivity index (χ0) is 10.1. The summed E-state index contributed by atoms with van der Waals surface area (Å²) >= 11 is 1.03. The van der Waals surface area contributed by atoms with Gasteiger partial charge in [0, 0.05) is 0 Å². The van der Waals surface area contributed by atoms with Gasteiger partial charge in [-0.05, 0) is 18.2 Å². The third-order valence-corrected chi connectivity index (χ3v) is 1.99. The summed E-state index contributed by atoms with van der Waals surface area (Å²) in [7, 11) is 0. The van der Waals surface area contributed by atoms with Crippen molar-refractivity contribution in [3.8, 4) is 0 Å². The van der Waals surface area contributed by atoms with E-state index >= 15 is 0 Å². The molecule has 1 heterocycles. The fraction of sp³-hybridized carbons (Fsp3) is 0.500. The molecule has 0 bridgehead atoms. The van der Waals surface area contributed by atoms with Crippen molar-refractivity contribution >= 4 is 17.7 Å². The van der Waals surface area contributed by atoms with Crippen molar-refractivity contribution in [2.24, 2.45) is 4.99 Å². The normalized spacial score (nSPS) is 23.2. The average Bonchev–Trinajstić information content (AvgIpc) is 2.01. The highest BCUT2D eigenvalue weighted by molar-refractivity contribution is 7.99. The first-order valence-electron chi connectivity index (χ1n) is 3.26. The molecule has 0 saturated carbocycles. The van der Waals surface area contributed by atoms with E-state index in [0.29, 0.717) is 6.08 Å². The maximum absolute atomic E-state index is 12.1. The highest BCUT2D eigenvalue weighted by Gasteiger charge is 2.35. The lowest BCUT2D eigenvalue weighted by molar-refractivity contribution is -0.213. The van der Waals surface area contributed by atoms with E-state index in [4.69, 9.17) is 0 Å². The minimum Gasteiger partial charge on any atom is -0.859 e. The maximum atomic E-state index is 12.1. The topological polar surface area (TPSA) is 47.5 Å². The van der Waals surface area contributed by atoms with E-state index in [9.17, 15) is 18.3 Å². The molecule has 13 heavy (non-hydrogen) atoms. The van der Waals surface area contributed by atoms with Gasteiger partial charge < -0.3 is 10.4 Å². The van der Waals surface area contributed by atoms with Crippen LogP contribution in [0.4, 0.5) is 13.2 Å². The van der Waals surface area contributed by atoms with Gasteiger partial charge in [0.05, 0.1) is 0 Å². The van der Waals surface area contributed by atoms with Crippen LogP contribution >= 0.6 is 11.8 Å². The monoisotopic (exact) mass is 211 g/mol. The quantitative estimate of drug-likeness (QED) is 0.684. The fourth-order valence-corrected chi connectivity index (χ4v) is 1.21. The zero-order valence-corrected chi connectivity index (χ0v) is 7.37. The van der Waals surface area contributed by atoms with Gasteiger partial charge in [-0.25, -0.2) is 0 Å². The average molecular weight is 211 g/mol. The molecule has 0 spiro atoms. The zero-order valence-electron chi connectivity index (χ0n) is 6.55. The number of rotatable bonds is 1. The molecule has 1 rings (SSSR count). The Morgan fingerprint density at radius 1 is 1.62 bits per heavy atom. The fourth-order valence-electron chi connectivity index (χ4n) is 0.759. The number of hydrogen-bond donors (Lipinski definition) is 1. The third-order valence-electron chi connectivity index (χ3n) is 1.32. The summed E-state index contributed by atoms with van der Waals surface area (Å²) in [6.07, 6.45) is -2.50. The van der Waals surface area contributed by atoms with Crippen molar-refractivity contribution in [2.45, 2.75) is 11.7 Å². The second-order valence-electron chi connectivity index (χ2n) is 2.26. The van der Waals surface area contributed by atoms with E-state index in [2.05, 4.69) is 10.3 Å². The van der Waals surface area contributed by atoms with Crippen LogP contribution in [0.5, 0.6) is 0 Å². The van der Waals surface area contributed by atoms with E-state index in [0.717, 1.165) is 11.8 Å². The number of nitrogens with one attached hydrogen (secondary N) is 1. The van der Waals surface area contributed by atoms with Crippen LogP contribution in [0, 0.1) is 0 Å². The van der Waals surface area contributed by atoms with E-state index in [1.165, 1.54) is 0 Å². The summed E-state index contributed by atoms with van der Waals surface area (Å²) in [5.74, 6) is -0.856. The molecule has 0 aliphatic carbocycles. The Kier molecular flexibility index (Phi) is 2.74. The number of alkyl halides is 3. The number of halogens is 3. The summed E-state index contributed by atoms with van der Waals surface area (Å²) in [5, 5.41) is 12.8. The number of thioether (sulfide) groups is 1. The number of nitrogens with zero attached hydrogens (tertiary/aromatic N) is 1. The Morgan fingerprint density at radius 2 is 2.23 bits per heavy atom. The molecule has 0 saturated heterocycles. The molecule has 0 aromatic carbocycles. The second kappa shape index (κ2) is 3.49. The first-order valence-corrected chi connectivity index (χ1v) is 4.55. The molecule has 1 aliphatic rings. The van der Waals surface area contributed by atoms with Crippen LogP contribution < -0.4 is 10.4 Å². The van der Waals surface area contributed by atoms with Gasteiger partial charge in [0.25, 0.3) is 0 Å². The van der Waals surface area contributed by atoms with Gasteiger partial charge >= 0.3 is 6.18 Å². The molecule has 0 amide bonds. The van der Waals surface area contributed by atoms with E-state index in [-0.39, 0.29) is 0 Å². The predicted molar refractivity (Wildman–Crippen MR) is 42.0 cm³/mol. The van der Waals surface area contributed by atoms with Gasteiger partial charge in [-0.1, -0.05) is 0 Å². The largest absolute Gasteiger partial charge is 0.859 e. The molecule has 1 aliphatic heterocycles. The smallest absolute Gasteiger partial charge is 0.431 e. The minimum atomic E-state index is -4.51.